The van der Waals surface area contributed by atoms with Crippen LogP contribution in [-0.2, 0) is 0 Å². The van der Waals surface area contributed by atoms with E-state index in [0.29, 0.717) is 12.1 Å². The third kappa shape index (κ3) is 3.34. The number of nitrogens with one attached hydrogen (secondary N) is 1. The normalized spacial score (nSPS) is 12.3. The number of amides is 1. The Morgan fingerprint density at radius 3 is 2.75 bits per heavy atom. The van der Waals surface area contributed by atoms with Gasteiger partial charge in [-0.05, 0) is 46.6 Å². The Balaban J connectivity index is 1.89. The second-order valence-corrected chi connectivity index (χ2v) is 6.78. The predicted molar refractivity (Wildman–Crippen MR) is 97.9 cm³/mol. The van der Waals surface area contributed by atoms with E-state index in [0.717, 1.165) is 26.6 Å². The van der Waals surface area contributed by atoms with Crippen molar-refractivity contribution in [1.29, 1.82) is 0 Å². The first-order valence-corrected chi connectivity index (χ1v) is 8.41. The quantitative estimate of drug-likeness (QED) is 0.720. The zero-order chi connectivity index (χ0) is 17.3. The highest BCUT2D eigenvalue weighted by atomic mass is 79.9. The molecule has 3 rings (SSSR count). The number of carbonyl (C=O) groups is 1. The highest BCUT2D eigenvalue weighted by molar-refractivity contribution is 9.10. The van der Waals surface area contributed by atoms with Gasteiger partial charge in [0, 0.05) is 47.0 Å². The largest absolute Gasteiger partial charge is 0.392 e. The number of benzene rings is 1. The number of hydrogen-bond acceptors (Lipinski definition) is 3. The van der Waals surface area contributed by atoms with E-state index in [1.807, 2.05) is 24.4 Å². The van der Waals surface area contributed by atoms with Crippen LogP contribution in [-0.4, -0.2) is 45.6 Å². The molecule has 2 aromatic heterocycles. The average Bonchev–Trinajstić information content (AvgIpc) is 2.96. The molecular weight excluding hydrogens is 370 g/mol. The molecule has 2 heterocycles. The molecule has 0 fully saturated rings. The Morgan fingerprint density at radius 2 is 2.08 bits per heavy atom. The van der Waals surface area contributed by atoms with Gasteiger partial charge in [-0.15, -0.1) is 0 Å². The van der Waals surface area contributed by atoms with Gasteiger partial charge >= 0.3 is 0 Å². The van der Waals surface area contributed by atoms with E-state index in [2.05, 4.69) is 25.9 Å². The summed E-state index contributed by atoms with van der Waals surface area (Å²) in [6.07, 6.45) is 3.12. The summed E-state index contributed by atoms with van der Waals surface area (Å²) in [5, 5.41) is 10.4. The number of likely N-dealkylation sites (N-methyl/N-ethyl adjacent to an activating group) is 1. The maximum atomic E-state index is 12.3. The maximum Gasteiger partial charge on any atom is 0.253 e. The van der Waals surface area contributed by atoms with Crippen LogP contribution in [0, 0.1) is 0 Å². The summed E-state index contributed by atoms with van der Waals surface area (Å²) in [5.74, 6) is -0.106. The third-order valence-electron chi connectivity index (χ3n) is 3.83. The maximum absolute atomic E-state index is 12.3. The minimum atomic E-state index is -0.546. The number of rotatable bonds is 4. The molecule has 5 nitrogen and oxygen atoms in total. The number of aliphatic hydroxyl groups excluding tert-OH is 1. The lowest BCUT2D eigenvalue weighted by Gasteiger charge is -2.18. The average molecular weight is 388 g/mol. The SMILES string of the molecule is CC(O)CN(C)C(=O)c1ccc(-c2c[nH]c3ncc(Br)cc23)cc1. The van der Waals surface area contributed by atoms with E-state index in [1.165, 1.54) is 4.90 Å². The van der Waals surface area contributed by atoms with Crippen LogP contribution in [0.15, 0.2) is 47.2 Å². The molecule has 0 aliphatic carbocycles. The second kappa shape index (κ2) is 6.75. The van der Waals surface area contributed by atoms with Crippen molar-refractivity contribution in [3.63, 3.8) is 0 Å². The summed E-state index contributed by atoms with van der Waals surface area (Å²) in [6.45, 7) is 1.97. The molecule has 1 unspecified atom stereocenters. The molecule has 1 amide bonds. The van der Waals surface area contributed by atoms with E-state index in [1.54, 1.807) is 32.3 Å². The van der Waals surface area contributed by atoms with Crippen molar-refractivity contribution in [2.45, 2.75) is 13.0 Å². The number of hydrogen-bond donors (Lipinski definition) is 2. The topological polar surface area (TPSA) is 69.2 Å². The summed E-state index contributed by atoms with van der Waals surface area (Å²) in [4.78, 5) is 21.3. The van der Waals surface area contributed by atoms with Crippen LogP contribution in [0.4, 0.5) is 0 Å². The molecule has 0 aliphatic heterocycles. The van der Waals surface area contributed by atoms with Crippen LogP contribution in [0.2, 0.25) is 0 Å². The van der Waals surface area contributed by atoms with Crippen molar-refractivity contribution in [2.75, 3.05) is 13.6 Å². The molecule has 2 N–H and O–H groups in total. The van der Waals surface area contributed by atoms with E-state index < -0.39 is 6.10 Å². The number of aliphatic hydroxyl groups is 1. The van der Waals surface area contributed by atoms with Crippen LogP contribution in [0.25, 0.3) is 22.2 Å². The van der Waals surface area contributed by atoms with Crippen molar-refractivity contribution in [3.8, 4) is 11.1 Å². The van der Waals surface area contributed by atoms with Gasteiger partial charge in [-0.1, -0.05) is 12.1 Å². The van der Waals surface area contributed by atoms with E-state index >= 15 is 0 Å². The fourth-order valence-electron chi connectivity index (χ4n) is 2.71. The molecule has 0 radical (unpaired) electrons. The van der Waals surface area contributed by atoms with Gasteiger partial charge < -0.3 is 15.0 Å². The monoisotopic (exact) mass is 387 g/mol. The number of aromatic amines is 1. The molecule has 124 valence electrons. The van der Waals surface area contributed by atoms with E-state index in [4.69, 9.17) is 0 Å². The van der Waals surface area contributed by atoms with Crippen LogP contribution in [0.1, 0.15) is 17.3 Å². The summed E-state index contributed by atoms with van der Waals surface area (Å²) in [7, 11) is 1.69. The first-order valence-electron chi connectivity index (χ1n) is 7.62. The van der Waals surface area contributed by atoms with Gasteiger partial charge in [0.2, 0.25) is 0 Å². The Morgan fingerprint density at radius 1 is 1.38 bits per heavy atom. The molecule has 0 aliphatic rings. The molecule has 0 spiro atoms. The fraction of sp³-hybridized carbons (Fsp3) is 0.222. The predicted octanol–water partition coefficient (Wildman–Crippen LogP) is 3.45. The van der Waals surface area contributed by atoms with Crippen molar-refractivity contribution in [2.24, 2.45) is 0 Å². The molecule has 0 saturated heterocycles. The van der Waals surface area contributed by atoms with Gasteiger partial charge in [0.15, 0.2) is 0 Å². The number of halogens is 1. The summed E-state index contributed by atoms with van der Waals surface area (Å²) >= 11 is 3.44. The summed E-state index contributed by atoms with van der Waals surface area (Å²) in [6, 6.07) is 9.48. The van der Waals surface area contributed by atoms with Gasteiger partial charge in [-0.2, -0.15) is 0 Å². The Hall–Kier alpha value is -2.18. The van der Waals surface area contributed by atoms with Gasteiger partial charge in [-0.25, -0.2) is 4.98 Å². The molecule has 1 aromatic carbocycles. The van der Waals surface area contributed by atoms with Crippen LogP contribution in [0.3, 0.4) is 0 Å². The molecule has 24 heavy (non-hydrogen) atoms. The smallest absolute Gasteiger partial charge is 0.253 e. The first-order chi connectivity index (χ1) is 11.5. The fourth-order valence-corrected chi connectivity index (χ4v) is 3.04. The molecule has 0 saturated carbocycles. The Kier molecular flexibility index (Phi) is 4.69. The highest BCUT2D eigenvalue weighted by Crippen LogP contribution is 2.29. The Bertz CT molecular complexity index is 872. The van der Waals surface area contributed by atoms with Crippen LogP contribution >= 0.6 is 15.9 Å². The molecule has 1 atom stereocenters. The number of H-pyrrole nitrogens is 1. The number of pyridine rings is 1. The minimum absolute atomic E-state index is 0.106. The van der Waals surface area contributed by atoms with Gasteiger partial charge in [0.1, 0.15) is 5.65 Å². The summed E-state index contributed by atoms with van der Waals surface area (Å²) in [5.41, 5.74) is 3.47. The van der Waals surface area contributed by atoms with Gasteiger partial charge in [0.05, 0.1) is 6.10 Å². The minimum Gasteiger partial charge on any atom is -0.392 e. The first kappa shape index (κ1) is 16.7. The lowest BCUT2D eigenvalue weighted by Crippen LogP contribution is -2.32. The zero-order valence-electron chi connectivity index (χ0n) is 13.5. The van der Waals surface area contributed by atoms with E-state index in [9.17, 15) is 9.90 Å². The van der Waals surface area contributed by atoms with Crippen molar-refractivity contribution >= 4 is 32.9 Å². The number of aromatic nitrogens is 2. The zero-order valence-corrected chi connectivity index (χ0v) is 15.0. The molecular formula is C18H18BrN3O2. The van der Waals surface area contributed by atoms with Gasteiger partial charge in [-0.3, -0.25) is 4.79 Å². The van der Waals surface area contributed by atoms with Crippen molar-refractivity contribution in [3.05, 3.63) is 52.8 Å². The second-order valence-electron chi connectivity index (χ2n) is 5.86. The van der Waals surface area contributed by atoms with Gasteiger partial charge in [0.25, 0.3) is 5.91 Å². The summed E-state index contributed by atoms with van der Waals surface area (Å²) < 4.78 is 0.919. The molecule has 3 aromatic rings. The van der Waals surface area contributed by atoms with E-state index in [-0.39, 0.29) is 5.91 Å². The van der Waals surface area contributed by atoms with Crippen molar-refractivity contribution < 1.29 is 9.90 Å². The molecule has 0 bridgehead atoms. The Labute approximate surface area is 148 Å². The van der Waals surface area contributed by atoms with Crippen LogP contribution < -0.4 is 0 Å². The number of nitrogens with zero attached hydrogens (tertiary/aromatic N) is 2. The van der Waals surface area contributed by atoms with Crippen LogP contribution in [0.5, 0.6) is 0 Å². The van der Waals surface area contributed by atoms with Crippen molar-refractivity contribution in [1.82, 2.24) is 14.9 Å². The lowest BCUT2D eigenvalue weighted by molar-refractivity contribution is 0.0703. The lowest BCUT2D eigenvalue weighted by atomic mass is 10.0. The molecule has 6 heteroatoms. The standard InChI is InChI=1S/C18H18BrN3O2/c1-11(23)10-22(2)18(24)13-5-3-12(4-6-13)16-9-21-17-15(16)7-14(19)8-20-17/h3-9,11,23H,10H2,1-2H3,(H,20,21). The number of carbonyl (C=O) groups excluding carboxylic acids is 1. The highest BCUT2D eigenvalue weighted by Gasteiger charge is 2.14. The number of fused-ring (bicyclic) bond motifs is 1. The third-order valence-corrected chi connectivity index (χ3v) is 4.26.